The summed E-state index contributed by atoms with van der Waals surface area (Å²) in [5.41, 5.74) is 1.88. The van der Waals surface area contributed by atoms with Gasteiger partial charge in [0.2, 0.25) is 0 Å². The van der Waals surface area contributed by atoms with E-state index in [2.05, 4.69) is 10.6 Å². The van der Waals surface area contributed by atoms with Crippen molar-refractivity contribution in [1.82, 2.24) is 10.6 Å². The summed E-state index contributed by atoms with van der Waals surface area (Å²) in [7, 11) is 0. The van der Waals surface area contributed by atoms with Crippen LogP contribution in [-0.4, -0.2) is 15.9 Å². The molecule has 6 nitrogen and oxygen atoms in total. The lowest BCUT2D eigenvalue weighted by atomic mass is 10.1. The molecule has 23 heavy (non-hydrogen) atoms. The smallest absolute Gasteiger partial charge is 0.282 e. The van der Waals surface area contributed by atoms with Crippen LogP contribution in [0.3, 0.4) is 0 Å². The average Bonchev–Trinajstić information content (AvgIpc) is 2.54. The third kappa shape index (κ3) is 4.58. The highest BCUT2D eigenvalue weighted by Gasteiger charge is 2.19. The predicted molar refractivity (Wildman–Crippen MR) is 91.2 cm³/mol. The molecule has 0 aliphatic rings. The summed E-state index contributed by atoms with van der Waals surface area (Å²) >= 11 is 5.05. The molecular formula is C16H15N3O3S. The van der Waals surface area contributed by atoms with Gasteiger partial charge in [0.25, 0.3) is 11.6 Å². The zero-order chi connectivity index (χ0) is 16.8. The van der Waals surface area contributed by atoms with Crippen LogP contribution >= 0.6 is 12.2 Å². The Morgan fingerprint density at radius 2 is 1.83 bits per heavy atom. The lowest BCUT2D eigenvalue weighted by Crippen LogP contribution is -2.39. The third-order valence-corrected chi connectivity index (χ3v) is 3.39. The van der Waals surface area contributed by atoms with Crippen molar-refractivity contribution in [2.75, 3.05) is 0 Å². The molecule has 2 rings (SSSR count). The Labute approximate surface area is 138 Å². The molecule has 0 unspecified atom stereocenters. The second kappa shape index (κ2) is 7.46. The van der Waals surface area contributed by atoms with Gasteiger partial charge >= 0.3 is 0 Å². The second-order valence-electron chi connectivity index (χ2n) is 4.90. The summed E-state index contributed by atoms with van der Waals surface area (Å²) in [6.07, 6.45) is 0. The molecule has 0 spiro atoms. The van der Waals surface area contributed by atoms with Gasteiger partial charge in [0.1, 0.15) is 5.56 Å². The van der Waals surface area contributed by atoms with Crippen LogP contribution in [0.25, 0.3) is 0 Å². The first kappa shape index (κ1) is 16.6. The highest BCUT2D eigenvalue weighted by Crippen LogP contribution is 2.17. The van der Waals surface area contributed by atoms with Gasteiger partial charge in [-0.1, -0.05) is 42.0 Å². The standard InChI is InChI=1S/C16H15N3O3S/c1-11-6-8-12(9-7-11)10-17-16(23)18-15(20)13-4-2-3-5-14(13)19(21)22/h2-9H,10H2,1H3,(H2,17,18,20,23). The summed E-state index contributed by atoms with van der Waals surface area (Å²) in [6, 6.07) is 13.6. The first-order valence-electron chi connectivity index (χ1n) is 6.85. The number of hydrogen-bond donors (Lipinski definition) is 2. The number of aryl methyl sites for hydroxylation is 1. The molecule has 2 aromatic carbocycles. The molecule has 0 aromatic heterocycles. The van der Waals surface area contributed by atoms with Crippen LogP contribution in [0.15, 0.2) is 48.5 Å². The number of para-hydroxylation sites is 1. The minimum Gasteiger partial charge on any atom is -0.358 e. The average molecular weight is 329 g/mol. The van der Waals surface area contributed by atoms with Crippen LogP contribution in [0.4, 0.5) is 5.69 Å². The van der Waals surface area contributed by atoms with E-state index in [1.54, 1.807) is 6.07 Å². The van der Waals surface area contributed by atoms with Gasteiger partial charge in [0, 0.05) is 12.6 Å². The van der Waals surface area contributed by atoms with E-state index in [0.717, 1.165) is 11.1 Å². The largest absolute Gasteiger partial charge is 0.358 e. The van der Waals surface area contributed by atoms with E-state index in [0.29, 0.717) is 6.54 Å². The van der Waals surface area contributed by atoms with E-state index in [9.17, 15) is 14.9 Å². The van der Waals surface area contributed by atoms with Gasteiger partial charge in [0.05, 0.1) is 4.92 Å². The number of carbonyl (C=O) groups is 1. The van der Waals surface area contributed by atoms with Gasteiger partial charge in [-0.15, -0.1) is 0 Å². The fourth-order valence-electron chi connectivity index (χ4n) is 1.93. The van der Waals surface area contributed by atoms with Crippen molar-refractivity contribution in [3.8, 4) is 0 Å². The number of carbonyl (C=O) groups excluding carboxylic acids is 1. The molecule has 2 N–H and O–H groups in total. The minimum atomic E-state index is -0.612. The normalized spacial score (nSPS) is 9.96. The van der Waals surface area contributed by atoms with Crippen molar-refractivity contribution in [2.45, 2.75) is 13.5 Å². The number of nitrogens with one attached hydrogen (secondary N) is 2. The monoisotopic (exact) mass is 329 g/mol. The zero-order valence-electron chi connectivity index (χ0n) is 12.4. The van der Waals surface area contributed by atoms with Gasteiger partial charge in [-0.3, -0.25) is 20.2 Å². The van der Waals surface area contributed by atoms with Crippen LogP contribution in [0, 0.1) is 17.0 Å². The molecule has 0 aliphatic heterocycles. The van der Waals surface area contributed by atoms with E-state index >= 15 is 0 Å². The van der Waals surface area contributed by atoms with Gasteiger partial charge in [-0.2, -0.15) is 0 Å². The van der Waals surface area contributed by atoms with E-state index in [-0.39, 0.29) is 16.4 Å². The molecule has 0 heterocycles. The molecule has 7 heteroatoms. The lowest BCUT2D eigenvalue weighted by molar-refractivity contribution is -0.385. The van der Waals surface area contributed by atoms with Crippen LogP contribution in [-0.2, 0) is 6.54 Å². The Morgan fingerprint density at radius 3 is 2.48 bits per heavy atom. The summed E-state index contributed by atoms with van der Waals surface area (Å²) in [5.74, 6) is -0.612. The molecule has 0 aliphatic carbocycles. The number of nitro groups is 1. The molecule has 0 saturated carbocycles. The van der Waals surface area contributed by atoms with Crippen LogP contribution < -0.4 is 10.6 Å². The molecule has 0 fully saturated rings. The van der Waals surface area contributed by atoms with Crippen molar-refractivity contribution in [2.24, 2.45) is 0 Å². The van der Waals surface area contributed by atoms with E-state index < -0.39 is 10.8 Å². The van der Waals surface area contributed by atoms with Crippen LogP contribution in [0.1, 0.15) is 21.5 Å². The molecule has 0 atom stereocenters. The van der Waals surface area contributed by atoms with Crippen LogP contribution in [0.2, 0.25) is 0 Å². The van der Waals surface area contributed by atoms with Crippen molar-refractivity contribution < 1.29 is 9.72 Å². The maximum atomic E-state index is 12.1. The number of rotatable bonds is 4. The van der Waals surface area contributed by atoms with Crippen molar-refractivity contribution in [3.63, 3.8) is 0 Å². The summed E-state index contributed by atoms with van der Waals surface area (Å²) < 4.78 is 0. The molecule has 0 saturated heterocycles. The van der Waals surface area contributed by atoms with E-state index in [4.69, 9.17) is 12.2 Å². The molecule has 118 valence electrons. The number of hydrogen-bond acceptors (Lipinski definition) is 4. The van der Waals surface area contributed by atoms with Crippen molar-refractivity contribution in [1.29, 1.82) is 0 Å². The number of nitro benzene ring substituents is 1. The quantitative estimate of drug-likeness (QED) is 0.512. The van der Waals surface area contributed by atoms with Gasteiger partial charge < -0.3 is 5.32 Å². The van der Waals surface area contributed by atoms with Crippen molar-refractivity contribution in [3.05, 3.63) is 75.3 Å². The van der Waals surface area contributed by atoms with Crippen LogP contribution in [0.5, 0.6) is 0 Å². The number of thiocarbonyl (C=S) groups is 1. The summed E-state index contributed by atoms with van der Waals surface area (Å²) in [6.45, 7) is 2.45. The third-order valence-electron chi connectivity index (χ3n) is 3.15. The molecular weight excluding hydrogens is 314 g/mol. The maximum absolute atomic E-state index is 12.1. The first-order chi connectivity index (χ1) is 11.0. The van der Waals surface area contributed by atoms with Crippen molar-refractivity contribution >= 4 is 28.9 Å². The Kier molecular flexibility index (Phi) is 5.37. The molecule has 2 aromatic rings. The number of amides is 1. The van der Waals surface area contributed by atoms with E-state index in [1.165, 1.54) is 18.2 Å². The van der Waals surface area contributed by atoms with Gasteiger partial charge in [0.15, 0.2) is 5.11 Å². The maximum Gasteiger partial charge on any atom is 0.282 e. The molecule has 0 radical (unpaired) electrons. The Hall–Kier alpha value is -2.80. The lowest BCUT2D eigenvalue weighted by Gasteiger charge is -2.10. The molecule has 0 bridgehead atoms. The Balaban J connectivity index is 1.96. The fourth-order valence-corrected chi connectivity index (χ4v) is 2.09. The highest BCUT2D eigenvalue weighted by atomic mass is 32.1. The fraction of sp³-hybridized carbons (Fsp3) is 0.125. The Bertz CT molecular complexity index is 744. The number of nitrogens with zero attached hydrogens (tertiary/aromatic N) is 1. The Morgan fingerprint density at radius 1 is 1.17 bits per heavy atom. The predicted octanol–water partition coefficient (Wildman–Crippen LogP) is 2.71. The highest BCUT2D eigenvalue weighted by molar-refractivity contribution is 7.80. The first-order valence-corrected chi connectivity index (χ1v) is 7.26. The minimum absolute atomic E-state index is 0.0306. The topological polar surface area (TPSA) is 84.3 Å². The van der Waals surface area contributed by atoms with E-state index in [1.807, 2.05) is 31.2 Å². The molecule has 1 amide bonds. The number of benzene rings is 2. The van der Waals surface area contributed by atoms with Gasteiger partial charge in [-0.05, 0) is 30.8 Å². The zero-order valence-corrected chi connectivity index (χ0v) is 13.2. The SMILES string of the molecule is Cc1ccc(CNC(=S)NC(=O)c2ccccc2[N+](=O)[O-])cc1. The van der Waals surface area contributed by atoms with Gasteiger partial charge in [-0.25, -0.2) is 0 Å². The second-order valence-corrected chi connectivity index (χ2v) is 5.30. The summed E-state index contributed by atoms with van der Waals surface area (Å²) in [4.78, 5) is 22.4. The summed E-state index contributed by atoms with van der Waals surface area (Å²) in [5, 5.41) is 16.4.